The summed E-state index contributed by atoms with van der Waals surface area (Å²) in [5, 5.41) is 3.87. The Morgan fingerprint density at radius 2 is 2.24 bits per heavy atom. The molecule has 3 heteroatoms. The van der Waals surface area contributed by atoms with Crippen LogP contribution in [0.15, 0.2) is 43.1 Å². The first-order chi connectivity index (χ1) is 8.24. The van der Waals surface area contributed by atoms with E-state index in [2.05, 4.69) is 11.9 Å². The van der Waals surface area contributed by atoms with E-state index in [-0.39, 0.29) is 5.91 Å². The molecule has 1 aromatic carbocycles. The Hall–Kier alpha value is -2.03. The molecule has 0 bridgehead atoms. The van der Waals surface area contributed by atoms with Crippen molar-refractivity contribution in [3.8, 4) is 0 Å². The minimum atomic E-state index is -0.0244. The lowest BCUT2D eigenvalue weighted by atomic mass is 10.1. The van der Waals surface area contributed by atoms with E-state index in [1.165, 1.54) is 0 Å². The Bertz CT molecular complexity index is 554. The number of aryl methyl sites for hydroxylation is 1. The first-order valence-corrected chi connectivity index (χ1v) is 5.67. The molecule has 1 heterocycles. The van der Waals surface area contributed by atoms with Gasteiger partial charge in [-0.25, -0.2) is 0 Å². The van der Waals surface area contributed by atoms with Crippen molar-refractivity contribution < 1.29 is 4.79 Å². The van der Waals surface area contributed by atoms with Gasteiger partial charge in [0.15, 0.2) is 0 Å². The van der Waals surface area contributed by atoms with E-state index in [4.69, 9.17) is 0 Å². The summed E-state index contributed by atoms with van der Waals surface area (Å²) in [6, 6.07) is 7.90. The van der Waals surface area contributed by atoms with Crippen LogP contribution in [0.1, 0.15) is 16.8 Å². The highest BCUT2D eigenvalue weighted by Gasteiger charge is 2.12. The number of carbonyl (C=O) groups excluding carboxylic acids is 1. The molecule has 0 radical (unpaired) electrons. The molecule has 0 unspecified atom stereocenters. The molecule has 2 rings (SSSR count). The van der Waals surface area contributed by atoms with Crippen LogP contribution in [-0.2, 0) is 7.05 Å². The summed E-state index contributed by atoms with van der Waals surface area (Å²) in [6.07, 6.45) is 4.45. The van der Waals surface area contributed by atoms with Gasteiger partial charge < -0.3 is 9.88 Å². The maximum atomic E-state index is 12.0. The van der Waals surface area contributed by atoms with Gasteiger partial charge in [-0.1, -0.05) is 24.3 Å². The molecule has 0 spiro atoms. The SMILES string of the molecule is C=CCCNC(=O)c1cn(C)c2ccccc12. The summed E-state index contributed by atoms with van der Waals surface area (Å²) in [6.45, 7) is 4.26. The van der Waals surface area contributed by atoms with Gasteiger partial charge in [-0.15, -0.1) is 6.58 Å². The molecule has 3 nitrogen and oxygen atoms in total. The fourth-order valence-electron chi connectivity index (χ4n) is 1.91. The third-order valence-electron chi connectivity index (χ3n) is 2.78. The number of para-hydroxylation sites is 1. The molecule has 2 aromatic rings. The van der Waals surface area contributed by atoms with Gasteiger partial charge in [0.2, 0.25) is 0 Å². The number of hydrogen-bond acceptors (Lipinski definition) is 1. The number of amides is 1. The summed E-state index contributed by atoms with van der Waals surface area (Å²) < 4.78 is 1.97. The molecule has 17 heavy (non-hydrogen) atoms. The highest BCUT2D eigenvalue weighted by molar-refractivity contribution is 6.06. The molecule has 1 amide bonds. The molecular formula is C14H16N2O. The first kappa shape index (κ1) is 11.5. The lowest BCUT2D eigenvalue weighted by Crippen LogP contribution is -2.23. The monoisotopic (exact) mass is 228 g/mol. The smallest absolute Gasteiger partial charge is 0.253 e. The van der Waals surface area contributed by atoms with Crippen molar-refractivity contribution in [2.24, 2.45) is 7.05 Å². The van der Waals surface area contributed by atoms with Crippen molar-refractivity contribution in [2.45, 2.75) is 6.42 Å². The molecule has 1 aromatic heterocycles. The molecular weight excluding hydrogens is 212 g/mol. The largest absolute Gasteiger partial charge is 0.352 e. The molecule has 0 atom stereocenters. The van der Waals surface area contributed by atoms with Crippen LogP contribution in [0.3, 0.4) is 0 Å². The molecule has 1 N–H and O–H groups in total. The maximum absolute atomic E-state index is 12.0. The van der Waals surface area contributed by atoms with Gasteiger partial charge in [0.1, 0.15) is 0 Å². The van der Waals surface area contributed by atoms with E-state index in [1.54, 1.807) is 6.08 Å². The Balaban J connectivity index is 2.29. The van der Waals surface area contributed by atoms with Gasteiger partial charge in [-0.2, -0.15) is 0 Å². The van der Waals surface area contributed by atoms with Crippen LogP contribution in [0.2, 0.25) is 0 Å². The normalized spacial score (nSPS) is 10.4. The van der Waals surface area contributed by atoms with Gasteiger partial charge in [-0.05, 0) is 12.5 Å². The highest BCUT2D eigenvalue weighted by atomic mass is 16.1. The van der Waals surface area contributed by atoms with Crippen molar-refractivity contribution in [1.29, 1.82) is 0 Å². The third kappa shape index (κ3) is 2.23. The van der Waals surface area contributed by atoms with Crippen molar-refractivity contribution >= 4 is 16.8 Å². The number of fused-ring (bicyclic) bond motifs is 1. The van der Waals surface area contributed by atoms with Crippen molar-refractivity contribution in [3.63, 3.8) is 0 Å². The summed E-state index contributed by atoms with van der Waals surface area (Å²) >= 11 is 0. The Labute approximate surface area is 101 Å². The lowest BCUT2D eigenvalue weighted by Gasteiger charge is -2.01. The van der Waals surface area contributed by atoms with Gasteiger partial charge in [0.25, 0.3) is 5.91 Å². The van der Waals surface area contributed by atoms with Crippen LogP contribution in [0.4, 0.5) is 0 Å². The fraction of sp³-hybridized carbons (Fsp3) is 0.214. The second-order valence-electron chi connectivity index (χ2n) is 4.00. The summed E-state index contributed by atoms with van der Waals surface area (Å²) in [5.74, 6) is -0.0244. The zero-order chi connectivity index (χ0) is 12.3. The number of rotatable bonds is 4. The van der Waals surface area contributed by atoms with Crippen LogP contribution in [0.5, 0.6) is 0 Å². The third-order valence-corrected chi connectivity index (χ3v) is 2.78. The quantitative estimate of drug-likeness (QED) is 0.633. The standard InChI is InChI=1S/C14H16N2O/c1-3-4-9-15-14(17)12-10-16(2)13-8-6-5-7-11(12)13/h3,5-8,10H,1,4,9H2,2H3,(H,15,17). The lowest BCUT2D eigenvalue weighted by molar-refractivity contribution is 0.0956. The van der Waals surface area contributed by atoms with E-state index >= 15 is 0 Å². The molecule has 0 saturated heterocycles. The Morgan fingerprint density at radius 1 is 1.47 bits per heavy atom. The minimum Gasteiger partial charge on any atom is -0.352 e. The van der Waals surface area contributed by atoms with Crippen LogP contribution >= 0.6 is 0 Å². The number of nitrogens with zero attached hydrogens (tertiary/aromatic N) is 1. The molecule has 0 fully saturated rings. The summed E-state index contributed by atoms with van der Waals surface area (Å²) in [4.78, 5) is 12.0. The highest BCUT2D eigenvalue weighted by Crippen LogP contribution is 2.19. The second kappa shape index (κ2) is 4.87. The minimum absolute atomic E-state index is 0.0244. The molecule has 0 aliphatic heterocycles. The average Bonchev–Trinajstić information content (AvgIpc) is 2.68. The van der Waals surface area contributed by atoms with Gasteiger partial charge in [0, 0.05) is 30.7 Å². The predicted molar refractivity (Wildman–Crippen MR) is 70.1 cm³/mol. The van der Waals surface area contributed by atoms with E-state index < -0.39 is 0 Å². The number of carbonyl (C=O) groups is 1. The first-order valence-electron chi connectivity index (χ1n) is 5.67. The van der Waals surface area contributed by atoms with Gasteiger partial charge in [0.05, 0.1) is 5.56 Å². The number of nitrogens with one attached hydrogen (secondary N) is 1. The number of aromatic nitrogens is 1. The Morgan fingerprint density at radius 3 is 3.00 bits per heavy atom. The topological polar surface area (TPSA) is 34.0 Å². The van der Waals surface area contributed by atoms with E-state index in [0.29, 0.717) is 6.54 Å². The van der Waals surface area contributed by atoms with Crippen LogP contribution in [-0.4, -0.2) is 17.0 Å². The molecule has 0 aliphatic rings. The Kier molecular flexibility index (Phi) is 3.28. The van der Waals surface area contributed by atoms with Crippen LogP contribution < -0.4 is 5.32 Å². The summed E-state index contributed by atoms with van der Waals surface area (Å²) in [7, 11) is 1.95. The predicted octanol–water partition coefficient (Wildman–Crippen LogP) is 2.48. The molecule has 0 saturated carbocycles. The maximum Gasteiger partial charge on any atom is 0.253 e. The molecule has 0 aliphatic carbocycles. The molecule has 88 valence electrons. The number of benzene rings is 1. The van der Waals surface area contributed by atoms with Crippen LogP contribution in [0, 0.1) is 0 Å². The fourth-order valence-corrected chi connectivity index (χ4v) is 1.91. The summed E-state index contributed by atoms with van der Waals surface area (Å²) in [5.41, 5.74) is 1.80. The second-order valence-corrected chi connectivity index (χ2v) is 4.00. The van der Waals surface area contributed by atoms with Gasteiger partial charge in [-0.3, -0.25) is 4.79 Å². The van der Waals surface area contributed by atoms with E-state index in [0.717, 1.165) is 22.9 Å². The van der Waals surface area contributed by atoms with E-state index in [9.17, 15) is 4.79 Å². The van der Waals surface area contributed by atoms with Crippen LogP contribution in [0.25, 0.3) is 10.9 Å². The number of hydrogen-bond donors (Lipinski definition) is 1. The van der Waals surface area contributed by atoms with Crippen molar-refractivity contribution in [3.05, 3.63) is 48.7 Å². The van der Waals surface area contributed by atoms with Gasteiger partial charge >= 0.3 is 0 Å². The van der Waals surface area contributed by atoms with Crippen molar-refractivity contribution in [1.82, 2.24) is 9.88 Å². The zero-order valence-corrected chi connectivity index (χ0v) is 9.94. The van der Waals surface area contributed by atoms with E-state index in [1.807, 2.05) is 42.1 Å². The van der Waals surface area contributed by atoms with Crippen molar-refractivity contribution in [2.75, 3.05) is 6.54 Å². The average molecular weight is 228 g/mol. The zero-order valence-electron chi connectivity index (χ0n) is 9.94.